The van der Waals surface area contributed by atoms with Crippen LogP contribution in [0, 0.1) is 11.8 Å². The van der Waals surface area contributed by atoms with Crippen molar-refractivity contribution in [3.63, 3.8) is 0 Å². The summed E-state index contributed by atoms with van der Waals surface area (Å²) >= 11 is 0. The molecule has 0 aromatic heterocycles. The van der Waals surface area contributed by atoms with Crippen LogP contribution in [0.25, 0.3) is 0 Å². The van der Waals surface area contributed by atoms with Gasteiger partial charge in [-0.05, 0) is 44.3 Å². The second-order valence-corrected chi connectivity index (χ2v) is 4.49. The van der Waals surface area contributed by atoms with Crippen molar-refractivity contribution in [2.24, 2.45) is 17.6 Å². The van der Waals surface area contributed by atoms with Gasteiger partial charge in [-0.1, -0.05) is 20.3 Å². The maximum absolute atomic E-state index is 5.70. The Bertz CT molecular complexity index is 124. The van der Waals surface area contributed by atoms with E-state index in [1.807, 2.05) is 0 Å². The molecule has 2 N–H and O–H groups in total. The highest BCUT2D eigenvalue weighted by atomic mass is 15.1. The minimum absolute atomic E-state index is 0.716. The fraction of sp³-hybridized carbons (Fsp3) is 1.00. The maximum Gasteiger partial charge on any atom is 0.00216 e. The third-order valence-corrected chi connectivity index (χ3v) is 3.30. The van der Waals surface area contributed by atoms with Crippen molar-refractivity contribution in [3.05, 3.63) is 0 Å². The van der Waals surface area contributed by atoms with Crippen molar-refractivity contribution in [2.45, 2.75) is 33.1 Å². The molecule has 0 spiro atoms. The highest BCUT2D eigenvalue weighted by Gasteiger charge is 2.17. The van der Waals surface area contributed by atoms with Gasteiger partial charge < -0.3 is 10.6 Å². The molecule has 2 heteroatoms. The first-order valence-corrected chi connectivity index (χ1v) is 5.68. The van der Waals surface area contributed by atoms with Crippen molar-refractivity contribution in [3.8, 4) is 0 Å². The lowest BCUT2D eigenvalue weighted by molar-refractivity contribution is 0.166. The molecule has 0 bridgehead atoms. The van der Waals surface area contributed by atoms with E-state index >= 15 is 0 Å². The van der Waals surface area contributed by atoms with E-state index in [0.717, 1.165) is 12.5 Å². The summed E-state index contributed by atoms with van der Waals surface area (Å²) < 4.78 is 0. The predicted octanol–water partition coefficient (Wildman–Crippen LogP) is 1.70. The van der Waals surface area contributed by atoms with E-state index in [-0.39, 0.29) is 0 Å². The molecule has 0 aromatic rings. The number of rotatable bonds is 4. The van der Waals surface area contributed by atoms with E-state index in [9.17, 15) is 0 Å². The largest absolute Gasteiger partial charge is 0.330 e. The first-order valence-electron chi connectivity index (χ1n) is 5.68. The monoisotopic (exact) mass is 184 g/mol. The van der Waals surface area contributed by atoms with E-state index in [1.165, 1.54) is 38.9 Å². The molecule has 1 heterocycles. The molecule has 0 aliphatic carbocycles. The number of nitrogens with zero attached hydrogens (tertiary/aromatic N) is 1. The van der Waals surface area contributed by atoms with Crippen molar-refractivity contribution >= 4 is 0 Å². The van der Waals surface area contributed by atoms with Crippen LogP contribution >= 0.6 is 0 Å². The highest BCUT2D eigenvalue weighted by Crippen LogP contribution is 2.17. The standard InChI is InChI=1S/C11H24N2/c1-3-11(8-12)9-13-6-4-10(2)5-7-13/h10-11H,3-9,12H2,1-2H3. The van der Waals surface area contributed by atoms with Crippen LogP contribution in [0.4, 0.5) is 0 Å². The van der Waals surface area contributed by atoms with Gasteiger partial charge in [0.15, 0.2) is 0 Å². The average Bonchev–Trinajstić information content (AvgIpc) is 2.17. The highest BCUT2D eigenvalue weighted by molar-refractivity contribution is 4.72. The zero-order valence-electron chi connectivity index (χ0n) is 9.13. The fourth-order valence-electron chi connectivity index (χ4n) is 1.98. The number of hydrogen-bond donors (Lipinski definition) is 1. The van der Waals surface area contributed by atoms with Crippen LogP contribution in [0.1, 0.15) is 33.1 Å². The molecule has 1 atom stereocenters. The number of piperidine rings is 1. The van der Waals surface area contributed by atoms with E-state index in [0.29, 0.717) is 5.92 Å². The second-order valence-electron chi connectivity index (χ2n) is 4.49. The van der Waals surface area contributed by atoms with Crippen LogP contribution in [0.15, 0.2) is 0 Å². The summed E-state index contributed by atoms with van der Waals surface area (Å²) in [5.74, 6) is 1.66. The topological polar surface area (TPSA) is 29.3 Å². The molecule has 1 aliphatic heterocycles. The summed E-state index contributed by atoms with van der Waals surface area (Å²) in [6, 6.07) is 0. The molecular formula is C11H24N2. The molecule has 0 aromatic carbocycles. The Morgan fingerprint density at radius 1 is 1.38 bits per heavy atom. The second kappa shape index (κ2) is 5.61. The third-order valence-electron chi connectivity index (χ3n) is 3.30. The van der Waals surface area contributed by atoms with Crippen molar-refractivity contribution in [2.75, 3.05) is 26.2 Å². The van der Waals surface area contributed by atoms with Gasteiger partial charge in [-0.2, -0.15) is 0 Å². The molecule has 1 unspecified atom stereocenters. The van der Waals surface area contributed by atoms with Crippen LogP contribution in [0.3, 0.4) is 0 Å². The molecule has 2 nitrogen and oxygen atoms in total. The van der Waals surface area contributed by atoms with E-state index < -0.39 is 0 Å². The quantitative estimate of drug-likeness (QED) is 0.720. The lowest BCUT2D eigenvalue weighted by atomic mass is 9.97. The van der Waals surface area contributed by atoms with Gasteiger partial charge in [0.2, 0.25) is 0 Å². The van der Waals surface area contributed by atoms with Crippen LogP contribution in [-0.2, 0) is 0 Å². The SMILES string of the molecule is CCC(CN)CN1CCC(C)CC1. The molecule has 13 heavy (non-hydrogen) atoms. The Hall–Kier alpha value is -0.0800. The van der Waals surface area contributed by atoms with Crippen molar-refractivity contribution in [1.82, 2.24) is 4.90 Å². The number of hydrogen-bond acceptors (Lipinski definition) is 2. The Morgan fingerprint density at radius 2 is 2.00 bits per heavy atom. The Balaban J connectivity index is 2.21. The van der Waals surface area contributed by atoms with Gasteiger partial charge in [-0.25, -0.2) is 0 Å². The minimum Gasteiger partial charge on any atom is -0.330 e. The van der Waals surface area contributed by atoms with Crippen LogP contribution < -0.4 is 5.73 Å². The summed E-state index contributed by atoms with van der Waals surface area (Å²) in [5, 5.41) is 0. The van der Waals surface area contributed by atoms with E-state index in [1.54, 1.807) is 0 Å². The Labute approximate surface area is 82.5 Å². The van der Waals surface area contributed by atoms with Crippen LogP contribution in [-0.4, -0.2) is 31.1 Å². The van der Waals surface area contributed by atoms with Gasteiger partial charge in [-0.15, -0.1) is 0 Å². The van der Waals surface area contributed by atoms with Gasteiger partial charge in [-0.3, -0.25) is 0 Å². The van der Waals surface area contributed by atoms with Crippen LogP contribution in [0.2, 0.25) is 0 Å². The van der Waals surface area contributed by atoms with E-state index in [2.05, 4.69) is 18.7 Å². The molecule has 0 radical (unpaired) electrons. The van der Waals surface area contributed by atoms with Gasteiger partial charge >= 0.3 is 0 Å². The van der Waals surface area contributed by atoms with Gasteiger partial charge in [0.1, 0.15) is 0 Å². The Morgan fingerprint density at radius 3 is 2.46 bits per heavy atom. The van der Waals surface area contributed by atoms with Gasteiger partial charge in [0.05, 0.1) is 0 Å². The van der Waals surface area contributed by atoms with E-state index in [4.69, 9.17) is 5.73 Å². The summed E-state index contributed by atoms with van der Waals surface area (Å²) in [7, 11) is 0. The predicted molar refractivity (Wildman–Crippen MR) is 57.7 cm³/mol. The normalized spacial score (nSPS) is 23.3. The minimum atomic E-state index is 0.716. The zero-order valence-corrected chi connectivity index (χ0v) is 9.13. The zero-order chi connectivity index (χ0) is 9.68. The summed E-state index contributed by atoms with van der Waals surface area (Å²) in [4.78, 5) is 2.58. The third kappa shape index (κ3) is 3.65. The lowest BCUT2D eigenvalue weighted by Gasteiger charge is -2.32. The van der Waals surface area contributed by atoms with Crippen molar-refractivity contribution in [1.29, 1.82) is 0 Å². The molecule has 1 aliphatic rings. The maximum atomic E-state index is 5.70. The fourth-order valence-corrected chi connectivity index (χ4v) is 1.98. The van der Waals surface area contributed by atoms with Gasteiger partial charge in [0.25, 0.3) is 0 Å². The summed E-state index contributed by atoms with van der Waals surface area (Å²) in [6.07, 6.45) is 3.98. The molecule has 0 amide bonds. The average molecular weight is 184 g/mol. The van der Waals surface area contributed by atoms with Gasteiger partial charge in [0, 0.05) is 6.54 Å². The number of nitrogens with two attached hydrogens (primary N) is 1. The van der Waals surface area contributed by atoms with Crippen molar-refractivity contribution < 1.29 is 0 Å². The first kappa shape index (κ1) is 11.0. The molecule has 1 saturated heterocycles. The molecule has 1 rings (SSSR count). The molecule has 1 fully saturated rings. The first-order chi connectivity index (χ1) is 6.26. The molecular weight excluding hydrogens is 160 g/mol. The smallest absolute Gasteiger partial charge is 0.00216 e. The summed E-state index contributed by atoms with van der Waals surface area (Å²) in [6.45, 7) is 9.25. The number of likely N-dealkylation sites (tertiary alicyclic amines) is 1. The van der Waals surface area contributed by atoms with Crippen LogP contribution in [0.5, 0.6) is 0 Å². The molecule has 0 saturated carbocycles. The Kier molecular flexibility index (Phi) is 4.74. The lowest BCUT2D eigenvalue weighted by Crippen LogP contribution is -2.38. The molecule has 78 valence electrons. The summed E-state index contributed by atoms with van der Waals surface area (Å²) in [5.41, 5.74) is 5.70.